The predicted molar refractivity (Wildman–Crippen MR) is 131 cm³/mol. The molecule has 194 valence electrons. The topological polar surface area (TPSA) is 100 Å². The molecule has 0 heterocycles. The summed E-state index contributed by atoms with van der Waals surface area (Å²) in [4.78, 5) is 0. The van der Waals surface area contributed by atoms with Gasteiger partial charge in [0.25, 0.3) is 0 Å². The van der Waals surface area contributed by atoms with Crippen LogP contribution < -0.4 is 0 Å². The molecule has 10 nitrogen and oxygen atoms in total. The minimum Gasteiger partial charge on any atom is -0.377 e. The second-order valence-corrected chi connectivity index (χ2v) is 20.2. The van der Waals surface area contributed by atoms with E-state index < -0.39 is 33.6 Å². The molecule has 0 radical (unpaired) electrons. The van der Waals surface area contributed by atoms with Crippen molar-refractivity contribution in [3.05, 3.63) is 0 Å². The van der Waals surface area contributed by atoms with E-state index in [9.17, 15) is 4.57 Å². The molecule has 0 aromatic carbocycles. The van der Waals surface area contributed by atoms with Gasteiger partial charge in [-0.3, -0.25) is 0 Å². The van der Waals surface area contributed by atoms with Crippen molar-refractivity contribution in [1.29, 1.82) is 0 Å². The highest BCUT2D eigenvalue weighted by Gasteiger charge is 2.41. The fourth-order valence-corrected chi connectivity index (χ4v) is 12.7. The summed E-state index contributed by atoms with van der Waals surface area (Å²) in [6, 6.07) is 1.83. The largest absolute Gasteiger partial charge is 0.500 e. The first kappa shape index (κ1) is 32.5. The van der Waals surface area contributed by atoms with E-state index in [1.165, 1.54) is 0 Å². The molecule has 0 aliphatic heterocycles. The summed E-state index contributed by atoms with van der Waals surface area (Å²) in [5, 5.41) is 0. The lowest BCUT2D eigenvalue weighted by Crippen LogP contribution is -2.43. The SMILES string of the molecule is CO[Si](CCCP(=O)(CCC[Si](OC)(OC)OC)CCC[Si](OC)(OC)OC)(OC)OC. The van der Waals surface area contributed by atoms with Gasteiger partial charge >= 0.3 is 26.4 Å². The highest BCUT2D eigenvalue weighted by atomic mass is 31.2. The van der Waals surface area contributed by atoms with Crippen molar-refractivity contribution in [3.63, 3.8) is 0 Å². The molecule has 0 bridgehead atoms. The van der Waals surface area contributed by atoms with Crippen LogP contribution in [-0.2, 0) is 44.4 Å². The van der Waals surface area contributed by atoms with Crippen LogP contribution in [-0.4, -0.2) is 109 Å². The van der Waals surface area contributed by atoms with Gasteiger partial charge < -0.3 is 44.4 Å². The lowest BCUT2D eigenvalue weighted by atomic mass is 10.5. The minimum absolute atomic E-state index is 0.584. The summed E-state index contributed by atoms with van der Waals surface area (Å²) in [6.07, 6.45) is 3.84. The molecule has 0 saturated heterocycles. The summed E-state index contributed by atoms with van der Waals surface area (Å²) in [6.45, 7) is 0. The van der Waals surface area contributed by atoms with Crippen molar-refractivity contribution in [1.82, 2.24) is 0 Å². The van der Waals surface area contributed by atoms with Gasteiger partial charge in [-0.1, -0.05) is 0 Å². The van der Waals surface area contributed by atoms with Crippen LogP contribution in [0.2, 0.25) is 18.1 Å². The van der Waals surface area contributed by atoms with Gasteiger partial charge in [-0.25, -0.2) is 0 Å². The smallest absolute Gasteiger partial charge is 0.377 e. The van der Waals surface area contributed by atoms with E-state index >= 15 is 0 Å². The second-order valence-electron chi connectivity index (χ2n) is 7.43. The first-order valence-corrected chi connectivity index (χ1v) is 18.8. The van der Waals surface area contributed by atoms with E-state index in [1.807, 2.05) is 0 Å². The molecule has 0 spiro atoms. The van der Waals surface area contributed by atoms with Crippen LogP contribution >= 0.6 is 7.14 Å². The molecule has 0 aromatic heterocycles. The average molecular weight is 537 g/mol. The van der Waals surface area contributed by atoms with Gasteiger partial charge in [0.15, 0.2) is 0 Å². The van der Waals surface area contributed by atoms with E-state index in [0.29, 0.717) is 55.9 Å². The molecule has 0 amide bonds. The Morgan fingerprint density at radius 2 is 0.625 bits per heavy atom. The third kappa shape index (κ3) is 10.0. The highest BCUT2D eigenvalue weighted by Crippen LogP contribution is 2.49. The molecule has 0 saturated carbocycles. The maximum atomic E-state index is 13.9. The number of hydrogen-bond donors (Lipinski definition) is 0. The lowest BCUT2D eigenvalue weighted by Gasteiger charge is -2.28. The van der Waals surface area contributed by atoms with Crippen LogP contribution in [0.25, 0.3) is 0 Å². The van der Waals surface area contributed by atoms with Gasteiger partial charge in [0.05, 0.1) is 7.14 Å². The molecule has 0 unspecified atom stereocenters. The summed E-state index contributed by atoms with van der Waals surface area (Å²) in [5.41, 5.74) is 0. The summed E-state index contributed by atoms with van der Waals surface area (Å²) in [7, 11) is 3.71. The second kappa shape index (κ2) is 16.2. The molecular formula is C18H45O10PSi3. The van der Waals surface area contributed by atoms with Crippen molar-refractivity contribution in [2.75, 3.05) is 82.5 Å². The van der Waals surface area contributed by atoms with Crippen LogP contribution in [0.3, 0.4) is 0 Å². The van der Waals surface area contributed by atoms with Crippen molar-refractivity contribution in [2.45, 2.75) is 37.4 Å². The van der Waals surface area contributed by atoms with Gasteiger partial charge in [0.1, 0.15) is 0 Å². The van der Waals surface area contributed by atoms with Crippen molar-refractivity contribution in [2.24, 2.45) is 0 Å². The van der Waals surface area contributed by atoms with E-state index in [0.717, 1.165) is 0 Å². The van der Waals surface area contributed by atoms with Crippen LogP contribution in [0, 0.1) is 0 Å². The molecule has 0 aromatic rings. The van der Waals surface area contributed by atoms with E-state index in [-0.39, 0.29) is 0 Å². The molecule has 0 rings (SSSR count). The van der Waals surface area contributed by atoms with Crippen LogP contribution in [0.5, 0.6) is 0 Å². The first-order valence-electron chi connectivity index (χ1n) is 10.7. The maximum absolute atomic E-state index is 13.9. The standard InChI is InChI=1S/C18H45O10PSi3/c1-20-30(21-2,22-3)16-10-13-29(19,14-11-17-31(23-4,24-5)25-6)15-12-18-32(26-7,27-8)28-9/h10-18H2,1-9H3. The van der Waals surface area contributed by atoms with Gasteiger partial charge in [0.2, 0.25) is 0 Å². The minimum atomic E-state index is -2.70. The van der Waals surface area contributed by atoms with E-state index in [2.05, 4.69) is 0 Å². The predicted octanol–water partition coefficient (Wildman–Crippen LogP) is 3.15. The van der Waals surface area contributed by atoms with Crippen molar-refractivity contribution < 1.29 is 44.4 Å². The Kier molecular flexibility index (Phi) is 16.5. The third-order valence-electron chi connectivity index (χ3n) is 5.94. The zero-order valence-corrected chi connectivity index (χ0v) is 25.3. The lowest BCUT2D eigenvalue weighted by molar-refractivity contribution is 0.123. The van der Waals surface area contributed by atoms with Crippen LogP contribution in [0.1, 0.15) is 19.3 Å². The Bertz CT molecular complexity index is 435. The zero-order chi connectivity index (χ0) is 24.7. The number of hydrogen-bond acceptors (Lipinski definition) is 10. The van der Waals surface area contributed by atoms with Gasteiger partial charge in [0, 0.05) is 101 Å². The summed E-state index contributed by atoms with van der Waals surface area (Å²) >= 11 is 0. The maximum Gasteiger partial charge on any atom is 0.500 e. The third-order valence-corrected chi connectivity index (χ3v) is 17.8. The molecule has 0 fully saturated rings. The Hall–Kier alpha value is 0.521. The van der Waals surface area contributed by atoms with Crippen LogP contribution in [0.4, 0.5) is 0 Å². The Morgan fingerprint density at radius 3 is 0.781 bits per heavy atom. The molecule has 0 atom stereocenters. The average Bonchev–Trinajstić information content (AvgIpc) is 2.83. The molecule has 32 heavy (non-hydrogen) atoms. The quantitative estimate of drug-likeness (QED) is 0.161. The Morgan fingerprint density at radius 1 is 0.438 bits per heavy atom. The van der Waals surface area contributed by atoms with Gasteiger partial charge in [-0.2, -0.15) is 0 Å². The van der Waals surface area contributed by atoms with Crippen LogP contribution in [0.15, 0.2) is 0 Å². The zero-order valence-electron chi connectivity index (χ0n) is 21.4. The summed E-state index contributed by atoms with van der Waals surface area (Å²) < 4.78 is 63.5. The van der Waals surface area contributed by atoms with Gasteiger partial charge in [-0.15, -0.1) is 0 Å². The van der Waals surface area contributed by atoms with Gasteiger partial charge in [-0.05, 0) is 19.3 Å². The fourth-order valence-electron chi connectivity index (χ4n) is 3.76. The van der Waals surface area contributed by atoms with E-state index in [1.54, 1.807) is 64.0 Å². The molecule has 14 heteroatoms. The molecule has 0 aliphatic carbocycles. The Labute approximate surface area is 198 Å². The van der Waals surface area contributed by atoms with Crippen molar-refractivity contribution >= 4 is 33.6 Å². The fraction of sp³-hybridized carbons (Fsp3) is 1.00. The molecule has 0 aliphatic rings. The summed E-state index contributed by atoms with van der Waals surface area (Å²) in [5.74, 6) is 0. The van der Waals surface area contributed by atoms with E-state index in [4.69, 9.17) is 39.8 Å². The molecular weight excluding hydrogens is 491 g/mol. The normalized spacial score (nSPS) is 13.7. The Balaban J connectivity index is 5.20. The first-order chi connectivity index (χ1) is 15.2. The monoisotopic (exact) mass is 536 g/mol. The number of rotatable bonds is 21. The highest BCUT2D eigenvalue weighted by molar-refractivity contribution is 7.63. The molecule has 0 N–H and O–H groups in total. The van der Waals surface area contributed by atoms with Crippen molar-refractivity contribution in [3.8, 4) is 0 Å².